The van der Waals surface area contributed by atoms with Gasteiger partial charge in [-0.1, -0.05) is 50.6 Å². The van der Waals surface area contributed by atoms with Crippen LogP contribution in [0.5, 0.6) is 5.75 Å². The highest BCUT2D eigenvalue weighted by Crippen LogP contribution is 2.43. The molecule has 1 N–H and O–H groups in total. The van der Waals surface area contributed by atoms with Gasteiger partial charge in [-0.05, 0) is 53.4 Å². The number of aliphatic hydroxyl groups is 1. The first-order valence-electron chi connectivity index (χ1n) is 10.8. The van der Waals surface area contributed by atoms with E-state index in [1.165, 1.54) is 12.0 Å². The lowest BCUT2D eigenvalue weighted by atomic mass is 9.85. The molecule has 0 aliphatic carbocycles. The SMILES string of the molecule is COc1ccc(C(C)(C)C)cc1/C(O)=C1\C(=O)C(=O)N(c2cccc(Cl)c2)C1c1ccccn1. The Morgan fingerprint density at radius 2 is 1.82 bits per heavy atom. The number of carbonyl (C=O) groups is 2. The molecule has 1 aliphatic heterocycles. The second-order valence-electron chi connectivity index (χ2n) is 9.07. The summed E-state index contributed by atoms with van der Waals surface area (Å²) in [6.07, 6.45) is 1.58. The van der Waals surface area contributed by atoms with Crippen molar-refractivity contribution in [2.24, 2.45) is 0 Å². The van der Waals surface area contributed by atoms with Gasteiger partial charge in [0.25, 0.3) is 11.7 Å². The maximum Gasteiger partial charge on any atom is 0.300 e. The second kappa shape index (κ2) is 8.95. The van der Waals surface area contributed by atoms with Crippen LogP contribution in [0.3, 0.4) is 0 Å². The lowest BCUT2D eigenvalue weighted by Gasteiger charge is -2.25. The van der Waals surface area contributed by atoms with Crippen molar-refractivity contribution in [1.29, 1.82) is 0 Å². The number of hydrogen-bond donors (Lipinski definition) is 1. The molecule has 1 atom stereocenters. The van der Waals surface area contributed by atoms with Crippen LogP contribution < -0.4 is 9.64 Å². The number of rotatable bonds is 4. The van der Waals surface area contributed by atoms with Gasteiger partial charge in [-0.15, -0.1) is 0 Å². The van der Waals surface area contributed by atoms with E-state index in [2.05, 4.69) is 4.98 Å². The summed E-state index contributed by atoms with van der Waals surface area (Å²) in [6, 6.07) is 16.4. The van der Waals surface area contributed by atoms with Gasteiger partial charge in [0.1, 0.15) is 17.6 Å². The van der Waals surface area contributed by atoms with Crippen LogP contribution in [-0.4, -0.2) is 28.9 Å². The van der Waals surface area contributed by atoms with Crippen LogP contribution in [0, 0.1) is 0 Å². The summed E-state index contributed by atoms with van der Waals surface area (Å²) in [5.41, 5.74) is 1.87. The Kier molecular flexibility index (Phi) is 6.19. The number of amides is 1. The number of ketones is 1. The molecule has 174 valence electrons. The quantitative estimate of drug-likeness (QED) is 0.298. The zero-order valence-corrected chi connectivity index (χ0v) is 20.1. The Balaban J connectivity index is 1.99. The molecule has 1 fully saturated rings. The summed E-state index contributed by atoms with van der Waals surface area (Å²) in [6.45, 7) is 6.14. The topological polar surface area (TPSA) is 79.7 Å². The normalized spacial score (nSPS) is 17.8. The van der Waals surface area contributed by atoms with Crippen LogP contribution in [0.2, 0.25) is 5.02 Å². The van der Waals surface area contributed by atoms with Gasteiger partial charge in [-0.2, -0.15) is 0 Å². The van der Waals surface area contributed by atoms with E-state index < -0.39 is 17.7 Å². The average molecular weight is 477 g/mol. The molecular formula is C27H25ClN2O4. The fraction of sp³-hybridized carbons (Fsp3) is 0.222. The van der Waals surface area contributed by atoms with Crippen molar-refractivity contribution in [3.8, 4) is 5.75 Å². The number of anilines is 1. The van der Waals surface area contributed by atoms with Gasteiger partial charge in [0, 0.05) is 16.9 Å². The van der Waals surface area contributed by atoms with Crippen LogP contribution in [0.25, 0.3) is 5.76 Å². The number of pyridine rings is 1. The highest BCUT2D eigenvalue weighted by atomic mass is 35.5. The summed E-state index contributed by atoms with van der Waals surface area (Å²) >= 11 is 6.18. The van der Waals surface area contributed by atoms with E-state index in [0.717, 1.165) is 5.56 Å². The molecule has 0 spiro atoms. The van der Waals surface area contributed by atoms with E-state index in [4.69, 9.17) is 16.3 Å². The Bertz CT molecular complexity index is 1300. The molecule has 7 heteroatoms. The molecule has 2 aromatic carbocycles. The third-order valence-corrected chi connectivity index (χ3v) is 6.05. The number of hydrogen-bond acceptors (Lipinski definition) is 5. The maximum atomic E-state index is 13.3. The summed E-state index contributed by atoms with van der Waals surface area (Å²) < 4.78 is 5.49. The molecule has 1 unspecified atom stereocenters. The zero-order valence-electron chi connectivity index (χ0n) is 19.4. The Labute approximate surface area is 203 Å². The summed E-state index contributed by atoms with van der Waals surface area (Å²) in [7, 11) is 1.49. The first-order valence-corrected chi connectivity index (χ1v) is 11.2. The number of halogens is 1. The van der Waals surface area contributed by atoms with Gasteiger partial charge in [0.05, 0.1) is 23.9 Å². The van der Waals surface area contributed by atoms with Crippen molar-refractivity contribution in [1.82, 2.24) is 4.98 Å². The number of ether oxygens (including phenoxy) is 1. The van der Waals surface area contributed by atoms with Crippen LogP contribution in [-0.2, 0) is 15.0 Å². The Morgan fingerprint density at radius 3 is 2.44 bits per heavy atom. The van der Waals surface area contributed by atoms with E-state index in [-0.39, 0.29) is 16.7 Å². The van der Waals surface area contributed by atoms with E-state index in [9.17, 15) is 14.7 Å². The number of Topliss-reactive ketones (excluding diaryl/α,β-unsaturated/α-hetero) is 1. The fourth-order valence-corrected chi connectivity index (χ4v) is 4.23. The highest BCUT2D eigenvalue weighted by Gasteiger charge is 2.48. The smallest absolute Gasteiger partial charge is 0.300 e. The Hall–Kier alpha value is -3.64. The van der Waals surface area contributed by atoms with Gasteiger partial charge in [0.15, 0.2) is 0 Å². The van der Waals surface area contributed by atoms with Crippen LogP contribution >= 0.6 is 11.6 Å². The summed E-state index contributed by atoms with van der Waals surface area (Å²) in [5, 5.41) is 11.9. The standard InChI is InChI=1S/C27H25ClN2O4/c1-27(2,3)16-11-12-21(34-4)19(14-16)24(31)22-23(20-10-5-6-13-29-20)30(26(33)25(22)32)18-9-7-8-17(28)15-18/h5-15,23,31H,1-4H3/b24-22+. The zero-order chi connectivity index (χ0) is 24.6. The Morgan fingerprint density at radius 1 is 1.06 bits per heavy atom. The summed E-state index contributed by atoms with van der Waals surface area (Å²) in [5.74, 6) is -1.51. The molecule has 0 radical (unpaired) electrons. The van der Waals surface area contributed by atoms with E-state index in [0.29, 0.717) is 27.7 Å². The number of methoxy groups -OCH3 is 1. The number of aliphatic hydroxyl groups excluding tert-OH is 1. The molecular weight excluding hydrogens is 452 g/mol. The molecule has 1 aromatic heterocycles. The molecule has 1 saturated heterocycles. The third-order valence-electron chi connectivity index (χ3n) is 5.82. The lowest BCUT2D eigenvalue weighted by Crippen LogP contribution is -2.29. The van der Waals surface area contributed by atoms with Crippen LogP contribution in [0.15, 0.2) is 72.4 Å². The lowest BCUT2D eigenvalue weighted by molar-refractivity contribution is -0.132. The number of aromatic nitrogens is 1. The molecule has 2 heterocycles. The molecule has 0 saturated carbocycles. The predicted octanol–water partition coefficient (Wildman–Crippen LogP) is 5.67. The molecule has 1 aliphatic rings. The fourth-order valence-electron chi connectivity index (χ4n) is 4.05. The largest absolute Gasteiger partial charge is 0.507 e. The van der Waals surface area contributed by atoms with Crippen molar-refractivity contribution < 1.29 is 19.4 Å². The molecule has 6 nitrogen and oxygen atoms in total. The van der Waals surface area contributed by atoms with Crippen molar-refractivity contribution in [3.63, 3.8) is 0 Å². The number of nitrogens with zero attached hydrogens (tertiary/aromatic N) is 2. The minimum atomic E-state index is -0.942. The van der Waals surface area contributed by atoms with E-state index >= 15 is 0 Å². The van der Waals surface area contributed by atoms with Crippen molar-refractivity contribution in [2.45, 2.75) is 32.2 Å². The number of carbonyl (C=O) groups excluding carboxylic acids is 2. The minimum absolute atomic E-state index is 0.0620. The van der Waals surface area contributed by atoms with Crippen LogP contribution in [0.1, 0.15) is 43.6 Å². The third kappa shape index (κ3) is 4.17. The summed E-state index contributed by atoms with van der Waals surface area (Å²) in [4.78, 5) is 32.3. The first-order chi connectivity index (χ1) is 16.1. The van der Waals surface area contributed by atoms with E-state index in [1.54, 1.807) is 60.8 Å². The van der Waals surface area contributed by atoms with Gasteiger partial charge in [-0.3, -0.25) is 19.5 Å². The van der Waals surface area contributed by atoms with Gasteiger partial charge < -0.3 is 9.84 Å². The van der Waals surface area contributed by atoms with Gasteiger partial charge in [-0.25, -0.2) is 0 Å². The average Bonchev–Trinajstić information content (AvgIpc) is 3.08. The molecule has 4 rings (SSSR count). The molecule has 0 bridgehead atoms. The molecule has 1 amide bonds. The first kappa shape index (κ1) is 23.5. The predicted molar refractivity (Wildman–Crippen MR) is 132 cm³/mol. The van der Waals surface area contributed by atoms with Crippen LogP contribution in [0.4, 0.5) is 5.69 Å². The number of benzene rings is 2. The van der Waals surface area contributed by atoms with Gasteiger partial charge >= 0.3 is 0 Å². The maximum absolute atomic E-state index is 13.3. The van der Waals surface area contributed by atoms with Crippen molar-refractivity contribution >= 4 is 34.7 Å². The molecule has 3 aromatic rings. The van der Waals surface area contributed by atoms with Crippen molar-refractivity contribution in [3.05, 3.63) is 94.3 Å². The van der Waals surface area contributed by atoms with Gasteiger partial charge in [0.2, 0.25) is 0 Å². The molecule has 34 heavy (non-hydrogen) atoms. The monoisotopic (exact) mass is 476 g/mol. The minimum Gasteiger partial charge on any atom is -0.507 e. The van der Waals surface area contributed by atoms with Crippen molar-refractivity contribution in [2.75, 3.05) is 12.0 Å². The highest BCUT2D eigenvalue weighted by molar-refractivity contribution is 6.51. The second-order valence-corrected chi connectivity index (χ2v) is 9.51. The van der Waals surface area contributed by atoms with E-state index in [1.807, 2.05) is 26.8 Å².